The third kappa shape index (κ3) is 2.33. The summed E-state index contributed by atoms with van der Waals surface area (Å²) < 4.78 is 0. The molecular formula is C14H16N4. The zero-order valence-electron chi connectivity index (χ0n) is 10.4. The van der Waals surface area contributed by atoms with Crippen LogP contribution < -0.4 is 10.6 Å². The predicted molar refractivity (Wildman–Crippen MR) is 72.5 cm³/mol. The molecule has 1 aliphatic heterocycles. The quantitative estimate of drug-likeness (QED) is 0.859. The third-order valence-electron chi connectivity index (χ3n) is 3.12. The first kappa shape index (κ1) is 11.2. The molecule has 0 aliphatic carbocycles. The first-order valence-electron chi connectivity index (χ1n) is 6.17. The van der Waals surface area contributed by atoms with Crippen molar-refractivity contribution in [1.29, 1.82) is 0 Å². The van der Waals surface area contributed by atoms with Gasteiger partial charge in [-0.2, -0.15) is 0 Å². The fourth-order valence-electron chi connectivity index (χ4n) is 1.95. The van der Waals surface area contributed by atoms with E-state index < -0.39 is 0 Å². The smallest absolute Gasteiger partial charge is 0.222 e. The molecule has 92 valence electrons. The van der Waals surface area contributed by atoms with E-state index in [9.17, 15) is 0 Å². The molecule has 1 fully saturated rings. The van der Waals surface area contributed by atoms with Crippen molar-refractivity contribution in [2.75, 3.05) is 18.4 Å². The van der Waals surface area contributed by atoms with Gasteiger partial charge in [-0.05, 0) is 12.5 Å². The number of hydrogen-bond donors (Lipinski definition) is 2. The van der Waals surface area contributed by atoms with Gasteiger partial charge in [-0.15, -0.1) is 0 Å². The van der Waals surface area contributed by atoms with Crippen LogP contribution >= 0.6 is 0 Å². The fraction of sp³-hybridized carbons (Fsp3) is 0.286. The van der Waals surface area contributed by atoms with Crippen molar-refractivity contribution in [1.82, 2.24) is 15.3 Å². The molecule has 0 spiro atoms. The summed E-state index contributed by atoms with van der Waals surface area (Å²) in [6.07, 6.45) is 3.74. The molecule has 0 saturated carbocycles. The average Bonchev–Trinajstić information content (AvgIpc) is 2.35. The maximum absolute atomic E-state index is 4.36. The molecule has 2 heterocycles. The SMILES string of the molecule is Cc1cccc(-c2cnc(NC3CNC3)nc2)c1. The van der Waals surface area contributed by atoms with Gasteiger partial charge in [0.05, 0.1) is 6.04 Å². The van der Waals surface area contributed by atoms with Crippen LogP contribution in [0.1, 0.15) is 5.56 Å². The molecule has 0 unspecified atom stereocenters. The van der Waals surface area contributed by atoms with Gasteiger partial charge >= 0.3 is 0 Å². The number of hydrogen-bond acceptors (Lipinski definition) is 4. The molecule has 1 aliphatic rings. The van der Waals surface area contributed by atoms with E-state index in [1.165, 1.54) is 5.56 Å². The summed E-state index contributed by atoms with van der Waals surface area (Å²) in [6, 6.07) is 8.83. The molecular weight excluding hydrogens is 224 g/mol. The van der Waals surface area contributed by atoms with Crippen LogP contribution in [0.4, 0.5) is 5.95 Å². The van der Waals surface area contributed by atoms with Crippen LogP contribution in [0.25, 0.3) is 11.1 Å². The number of nitrogens with one attached hydrogen (secondary N) is 2. The minimum absolute atomic E-state index is 0.467. The molecule has 18 heavy (non-hydrogen) atoms. The summed E-state index contributed by atoms with van der Waals surface area (Å²) in [5, 5.41) is 6.49. The zero-order chi connectivity index (χ0) is 12.4. The van der Waals surface area contributed by atoms with E-state index in [0.29, 0.717) is 12.0 Å². The maximum atomic E-state index is 4.36. The number of benzene rings is 1. The van der Waals surface area contributed by atoms with E-state index in [1.807, 2.05) is 12.4 Å². The zero-order valence-corrected chi connectivity index (χ0v) is 10.4. The molecule has 0 bridgehead atoms. The molecule has 1 aromatic carbocycles. The van der Waals surface area contributed by atoms with Gasteiger partial charge in [-0.1, -0.05) is 29.8 Å². The van der Waals surface area contributed by atoms with E-state index in [-0.39, 0.29) is 0 Å². The van der Waals surface area contributed by atoms with E-state index >= 15 is 0 Å². The predicted octanol–water partition coefficient (Wildman–Crippen LogP) is 1.84. The highest BCUT2D eigenvalue weighted by Crippen LogP contribution is 2.19. The van der Waals surface area contributed by atoms with E-state index in [1.54, 1.807) is 0 Å². The van der Waals surface area contributed by atoms with Crippen LogP contribution in [0, 0.1) is 6.92 Å². The molecule has 1 aromatic heterocycles. The summed E-state index contributed by atoms with van der Waals surface area (Å²) in [6.45, 7) is 4.07. The van der Waals surface area contributed by atoms with Crippen molar-refractivity contribution in [3.8, 4) is 11.1 Å². The minimum Gasteiger partial charge on any atom is -0.349 e. The van der Waals surface area contributed by atoms with Crippen molar-refractivity contribution in [3.05, 3.63) is 42.2 Å². The Morgan fingerprint density at radius 3 is 2.56 bits per heavy atom. The highest BCUT2D eigenvalue weighted by atomic mass is 15.2. The third-order valence-corrected chi connectivity index (χ3v) is 3.12. The van der Waals surface area contributed by atoms with Gasteiger partial charge in [0.15, 0.2) is 0 Å². The van der Waals surface area contributed by atoms with Crippen LogP contribution in [0.15, 0.2) is 36.7 Å². The lowest BCUT2D eigenvalue weighted by Gasteiger charge is -2.27. The Morgan fingerprint density at radius 2 is 1.94 bits per heavy atom. The normalized spacial score (nSPS) is 15.2. The second-order valence-electron chi connectivity index (χ2n) is 4.66. The molecule has 4 heteroatoms. The summed E-state index contributed by atoms with van der Waals surface area (Å²) in [7, 11) is 0. The summed E-state index contributed by atoms with van der Waals surface area (Å²) in [5.41, 5.74) is 3.46. The Kier molecular flexibility index (Phi) is 2.94. The van der Waals surface area contributed by atoms with Crippen LogP contribution in [0.3, 0.4) is 0 Å². The van der Waals surface area contributed by atoms with Gasteiger partial charge in [0.25, 0.3) is 0 Å². The van der Waals surface area contributed by atoms with Crippen molar-refractivity contribution >= 4 is 5.95 Å². The molecule has 0 amide bonds. The average molecular weight is 240 g/mol. The number of aryl methyl sites for hydroxylation is 1. The van der Waals surface area contributed by atoms with Crippen molar-refractivity contribution in [2.24, 2.45) is 0 Å². The Labute approximate surface area is 106 Å². The minimum atomic E-state index is 0.467. The first-order valence-corrected chi connectivity index (χ1v) is 6.17. The molecule has 2 N–H and O–H groups in total. The number of nitrogens with zero attached hydrogens (tertiary/aromatic N) is 2. The van der Waals surface area contributed by atoms with Gasteiger partial charge in [0.1, 0.15) is 0 Å². The number of aromatic nitrogens is 2. The van der Waals surface area contributed by atoms with Crippen molar-refractivity contribution in [3.63, 3.8) is 0 Å². The fourth-order valence-corrected chi connectivity index (χ4v) is 1.95. The highest BCUT2D eigenvalue weighted by molar-refractivity contribution is 5.62. The topological polar surface area (TPSA) is 49.8 Å². The van der Waals surface area contributed by atoms with Gasteiger partial charge in [-0.3, -0.25) is 0 Å². The van der Waals surface area contributed by atoms with Gasteiger partial charge < -0.3 is 10.6 Å². The highest BCUT2D eigenvalue weighted by Gasteiger charge is 2.16. The summed E-state index contributed by atoms with van der Waals surface area (Å²) in [5.74, 6) is 0.706. The van der Waals surface area contributed by atoms with Crippen molar-refractivity contribution < 1.29 is 0 Å². The summed E-state index contributed by atoms with van der Waals surface area (Å²) in [4.78, 5) is 8.71. The molecule has 0 atom stereocenters. The Bertz CT molecular complexity index is 532. The largest absolute Gasteiger partial charge is 0.349 e. The van der Waals surface area contributed by atoms with E-state index in [4.69, 9.17) is 0 Å². The Balaban J connectivity index is 1.77. The van der Waals surface area contributed by atoms with Crippen LogP contribution in [0.2, 0.25) is 0 Å². The van der Waals surface area contributed by atoms with Gasteiger partial charge in [0.2, 0.25) is 5.95 Å². The van der Waals surface area contributed by atoms with Crippen LogP contribution in [0.5, 0.6) is 0 Å². The monoisotopic (exact) mass is 240 g/mol. The van der Waals surface area contributed by atoms with Crippen LogP contribution in [-0.2, 0) is 0 Å². The second kappa shape index (κ2) is 4.74. The first-order chi connectivity index (χ1) is 8.81. The summed E-state index contributed by atoms with van der Waals surface area (Å²) >= 11 is 0. The molecule has 4 nitrogen and oxygen atoms in total. The Morgan fingerprint density at radius 1 is 1.17 bits per heavy atom. The molecule has 0 radical (unpaired) electrons. The lowest BCUT2D eigenvalue weighted by atomic mass is 10.1. The van der Waals surface area contributed by atoms with Crippen molar-refractivity contribution in [2.45, 2.75) is 13.0 Å². The van der Waals surface area contributed by atoms with Crippen LogP contribution in [-0.4, -0.2) is 29.1 Å². The lowest BCUT2D eigenvalue weighted by Crippen LogP contribution is -2.51. The second-order valence-corrected chi connectivity index (χ2v) is 4.66. The van der Waals surface area contributed by atoms with E-state index in [2.05, 4.69) is 51.8 Å². The van der Waals surface area contributed by atoms with Gasteiger partial charge in [0, 0.05) is 31.0 Å². The van der Waals surface area contributed by atoms with Gasteiger partial charge in [-0.25, -0.2) is 9.97 Å². The molecule has 3 rings (SSSR count). The van der Waals surface area contributed by atoms with E-state index in [0.717, 1.165) is 24.2 Å². The maximum Gasteiger partial charge on any atom is 0.222 e. The standard InChI is InChI=1S/C14H16N4/c1-10-3-2-4-11(5-10)12-6-16-14(17-7-12)18-13-8-15-9-13/h2-7,13,15H,8-9H2,1H3,(H,16,17,18). The molecule has 1 saturated heterocycles. The lowest BCUT2D eigenvalue weighted by molar-refractivity contribution is 0.470. The molecule has 2 aromatic rings. The number of anilines is 1. The Hall–Kier alpha value is -1.94. The number of rotatable bonds is 3.